The molecule has 110 valence electrons. The monoisotopic (exact) mass is 344 g/mol. The highest BCUT2D eigenvalue weighted by molar-refractivity contribution is 9.10. The molecular formula is C12H17BrN4O3. The van der Waals surface area contributed by atoms with Crippen LogP contribution < -0.4 is 10.2 Å². The fourth-order valence-corrected chi connectivity index (χ4v) is 2.92. The van der Waals surface area contributed by atoms with Gasteiger partial charge in [-0.2, -0.15) is 0 Å². The van der Waals surface area contributed by atoms with Crippen LogP contribution in [0, 0.1) is 10.1 Å². The van der Waals surface area contributed by atoms with Gasteiger partial charge in [-0.3, -0.25) is 10.1 Å². The maximum absolute atomic E-state index is 10.7. The minimum Gasteiger partial charge on any atom is -0.395 e. The van der Waals surface area contributed by atoms with Gasteiger partial charge in [-0.15, -0.1) is 0 Å². The summed E-state index contributed by atoms with van der Waals surface area (Å²) in [6.45, 7) is 2.19. The van der Waals surface area contributed by atoms with E-state index in [-0.39, 0.29) is 12.3 Å². The van der Waals surface area contributed by atoms with Crippen molar-refractivity contribution in [3.63, 3.8) is 0 Å². The van der Waals surface area contributed by atoms with Gasteiger partial charge >= 0.3 is 0 Å². The summed E-state index contributed by atoms with van der Waals surface area (Å²) in [7, 11) is 0. The Labute approximate surface area is 125 Å². The quantitative estimate of drug-likeness (QED) is 0.597. The largest absolute Gasteiger partial charge is 0.395 e. The molecule has 0 amide bonds. The lowest BCUT2D eigenvalue weighted by Gasteiger charge is -2.26. The van der Waals surface area contributed by atoms with Gasteiger partial charge in [-0.25, -0.2) is 4.98 Å². The van der Waals surface area contributed by atoms with Gasteiger partial charge in [0.15, 0.2) is 0 Å². The van der Waals surface area contributed by atoms with Crippen LogP contribution in [-0.4, -0.2) is 47.3 Å². The lowest BCUT2D eigenvalue weighted by Crippen LogP contribution is -2.39. The van der Waals surface area contributed by atoms with Crippen molar-refractivity contribution in [1.29, 1.82) is 0 Å². The predicted molar refractivity (Wildman–Crippen MR) is 78.9 cm³/mol. The molecule has 0 aromatic carbocycles. The van der Waals surface area contributed by atoms with Crippen molar-refractivity contribution in [1.82, 2.24) is 10.3 Å². The molecule has 1 aliphatic rings. The average Bonchev–Trinajstić information content (AvgIpc) is 2.91. The van der Waals surface area contributed by atoms with E-state index in [0.717, 1.165) is 25.9 Å². The van der Waals surface area contributed by atoms with Crippen LogP contribution in [0.1, 0.15) is 12.8 Å². The number of aliphatic hydroxyl groups excluding tert-OH is 1. The van der Waals surface area contributed by atoms with Gasteiger partial charge in [-0.1, -0.05) is 0 Å². The molecule has 20 heavy (non-hydrogen) atoms. The molecule has 8 heteroatoms. The Bertz CT molecular complexity index is 480. The normalized spacial score (nSPS) is 18.2. The van der Waals surface area contributed by atoms with Gasteiger partial charge in [0.2, 0.25) is 0 Å². The van der Waals surface area contributed by atoms with Crippen molar-refractivity contribution in [2.45, 2.75) is 18.9 Å². The molecule has 2 rings (SSSR count). The summed E-state index contributed by atoms with van der Waals surface area (Å²) < 4.78 is 0.568. The fourth-order valence-electron chi connectivity index (χ4n) is 2.34. The van der Waals surface area contributed by atoms with Crippen LogP contribution in [0.15, 0.2) is 16.7 Å². The summed E-state index contributed by atoms with van der Waals surface area (Å²) in [6, 6.07) is 1.81. The van der Waals surface area contributed by atoms with Crippen LogP contribution >= 0.6 is 15.9 Å². The zero-order valence-electron chi connectivity index (χ0n) is 11.0. The molecule has 0 aliphatic carbocycles. The third-order valence-corrected chi connectivity index (χ3v) is 3.87. The van der Waals surface area contributed by atoms with Crippen LogP contribution in [-0.2, 0) is 0 Å². The molecule has 1 unspecified atom stereocenters. The van der Waals surface area contributed by atoms with Crippen LogP contribution in [0.25, 0.3) is 0 Å². The number of nitro groups is 1. The third-order valence-electron chi connectivity index (χ3n) is 3.29. The van der Waals surface area contributed by atoms with Crippen molar-refractivity contribution in [3.05, 3.63) is 26.9 Å². The maximum Gasteiger partial charge on any atom is 0.288 e. The van der Waals surface area contributed by atoms with Crippen molar-refractivity contribution in [3.8, 4) is 0 Å². The number of hydrogen-bond acceptors (Lipinski definition) is 6. The summed E-state index contributed by atoms with van der Waals surface area (Å²) in [5, 5.41) is 23.3. The Balaban J connectivity index is 2.17. The molecule has 0 saturated carbocycles. The van der Waals surface area contributed by atoms with Crippen molar-refractivity contribution in [2.24, 2.45) is 0 Å². The number of hydrogen-bond donors (Lipinski definition) is 2. The zero-order valence-corrected chi connectivity index (χ0v) is 12.5. The van der Waals surface area contributed by atoms with Crippen LogP contribution in [0.2, 0.25) is 0 Å². The first kappa shape index (κ1) is 15.1. The van der Waals surface area contributed by atoms with E-state index in [1.807, 2.05) is 4.90 Å². The van der Waals surface area contributed by atoms with Gasteiger partial charge in [-0.05, 0) is 35.3 Å². The second-order valence-corrected chi connectivity index (χ2v) is 5.57. The van der Waals surface area contributed by atoms with Gasteiger partial charge in [0.05, 0.1) is 16.0 Å². The predicted octanol–water partition coefficient (Wildman–Crippen LogP) is 1.30. The summed E-state index contributed by atoms with van der Waals surface area (Å²) >= 11 is 3.32. The van der Waals surface area contributed by atoms with Crippen LogP contribution in [0.5, 0.6) is 0 Å². The SMILES string of the molecule is O=[N+]([O-])c1cnc(N(CCO)CC2CCCN2)c(Br)c1. The molecule has 1 fully saturated rings. The van der Waals surface area contributed by atoms with E-state index in [1.54, 1.807) is 0 Å². The van der Waals surface area contributed by atoms with Crippen LogP contribution in [0.3, 0.4) is 0 Å². The maximum atomic E-state index is 10.7. The molecule has 2 heterocycles. The Kier molecular flexibility index (Phi) is 5.27. The minimum atomic E-state index is -0.476. The zero-order chi connectivity index (χ0) is 14.5. The summed E-state index contributed by atoms with van der Waals surface area (Å²) in [5.41, 5.74) is -0.0523. The average molecular weight is 345 g/mol. The highest BCUT2D eigenvalue weighted by Crippen LogP contribution is 2.28. The molecule has 7 nitrogen and oxygen atoms in total. The topological polar surface area (TPSA) is 91.5 Å². The smallest absolute Gasteiger partial charge is 0.288 e. The Morgan fingerprint density at radius 2 is 2.45 bits per heavy atom. The van der Waals surface area contributed by atoms with E-state index in [4.69, 9.17) is 0 Å². The van der Waals surface area contributed by atoms with Crippen LogP contribution in [0.4, 0.5) is 11.5 Å². The standard InChI is InChI=1S/C12H17BrN4O3/c13-11-6-10(17(19)20)7-15-12(11)16(4-5-18)8-9-2-1-3-14-9/h6-7,9,14,18H,1-5,8H2. The molecule has 1 aromatic heterocycles. The highest BCUT2D eigenvalue weighted by Gasteiger charge is 2.21. The summed E-state index contributed by atoms with van der Waals surface area (Å²) in [5.74, 6) is 0.623. The second kappa shape index (κ2) is 6.96. The first-order chi connectivity index (χ1) is 9.61. The number of halogens is 1. The Hall–Kier alpha value is -1.25. The number of nitrogens with one attached hydrogen (secondary N) is 1. The molecule has 1 atom stereocenters. The molecule has 1 aromatic rings. The first-order valence-corrected chi connectivity index (χ1v) is 7.30. The minimum absolute atomic E-state index is 0.0117. The number of nitrogens with zero attached hydrogens (tertiary/aromatic N) is 3. The van der Waals surface area contributed by atoms with Gasteiger partial charge in [0, 0.05) is 25.2 Å². The lowest BCUT2D eigenvalue weighted by molar-refractivity contribution is -0.385. The van der Waals surface area contributed by atoms with Crippen molar-refractivity contribution >= 4 is 27.4 Å². The van der Waals surface area contributed by atoms with E-state index in [9.17, 15) is 15.2 Å². The molecule has 0 radical (unpaired) electrons. The van der Waals surface area contributed by atoms with Gasteiger partial charge in [0.1, 0.15) is 12.0 Å². The highest BCUT2D eigenvalue weighted by atomic mass is 79.9. The van der Waals surface area contributed by atoms with Gasteiger partial charge < -0.3 is 15.3 Å². The lowest BCUT2D eigenvalue weighted by atomic mass is 10.2. The third kappa shape index (κ3) is 3.65. The van der Waals surface area contributed by atoms with E-state index < -0.39 is 4.92 Å². The van der Waals surface area contributed by atoms with E-state index >= 15 is 0 Å². The molecule has 1 aliphatic heterocycles. The summed E-state index contributed by atoms with van der Waals surface area (Å²) in [6.07, 6.45) is 3.48. The number of aliphatic hydroxyl groups is 1. The van der Waals surface area contributed by atoms with Crippen molar-refractivity contribution in [2.75, 3.05) is 31.1 Å². The molecular weight excluding hydrogens is 328 g/mol. The number of pyridine rings is 1. The molecule has 1 saturated heterocycles. The molecule has 2 N–H and O–H groups in total. The molecule has 0 bridgehead atoms. The Morgan fingerprint density at radius 1 is 1.65 bits per heavy atom. The number of anilines is 1. The van der Waals surface area contributed by atoms with Gasteiger partial charge in [0.25, 0.3) is 5.69 Å². The van der Waals surface area contributed by atoms with E-state index in [2.05, 4.69) is 26.2 Å². The second-order valence-electron chi connectivity index (χ2n) is 4.72. The number of rotatable bonds is 6. The van der Waals surface area contributed by atoms with Crippen molar-refractivity contribution < 1.29 is 10.0 Å². The number of aromatic nitrogens is 1. The van der Waals surface area contributed by atoms with E-state index in [0.29, 0.717) is 22.9 Å². The molecule has 0 spiro atoms. The fraction of sp³-hybridized carbons (Fsp3) is 0.583. The first-order valence-electron chi connectivity index (χ1n) is 6.51. The van der Waals surface area contributed by atoms with E-state index in [1.165, 1.54) is 12.3 Å². The Morgan fingerprint density at radius 3 is 3.00 bits per heavy atom. The summed E-state index contributed by atoms with van der Waals surface area (Å²) in [4.78, 5) is 16.3.